The molecule has 0 N–H and O–H groups in total. The molecule has 2 aromatic carbocycles. The Balaban J connectivity index is 1.49. The first kappa shape index (κ1) is 18.3. The van der Waals surface area contributed by atoms with Gasteiger partial charge in [0.15, 0.2) is 5.78 Å². The summed E-state index contributed by atoms with van der Waals surface area (Å²) in [5, 5.41) is 0. The van der Waals surface area contributed by atoms with E-state index in [2.05, 4.69) is 0 Å². The van der Waals surface area contributed by atoms with E-state index >= 15 is 0 Å². The van der Waals surface area contributed by atoms with Gasteiger partial charge in [0, 0.05) is 25.9 Å². The van der Waals surface area contributed by atoms with Gasteiger partial charge in [0.25, 0.3) is 5.91 Å². The molecule has 4 rings (SSSR count). The lowest BCUT2D eigenvalue weighted by Crippen LogP contribution is -2.52. The predicted molar refractivity (Wildman–Crippen MR) is 103 cm³/mol. The summed E-state index contributed by atoms with van der Waals surface area (Å²) in [7, 11) is 3.14. The van der Waals surface area contributed by atoms with Crippen LogP contribution < -0.4 is 14.2 Å². The molecule has 28 heavy (non-hydrogen) atoms. The maximum absolute atomic E-state index is 12.9. The van der Waals surface area contributed by atoms with Crippen LogP contribution in [0.25, 0.3) is 0 Å². The first-order chi connectivity index (χ1) is 13.5. The molecule has 2 aromatic rings. The van der Waals surface area contributed by atoms with E-state index < -0.39 is 5.60 Å². The molecular weight excluding hydrogens is 358 g/mol. The Morgan fingerprint density at radius 3 is 2.54 bits per heavy atom. The van der Waals surface area contributed by atoms with Crippen LogP contribution in [0.5, 0.6) is 17.2 Å². The van der Waals surface area contributed by atoms with Crippen molar-refractivity contribution in [3.8, 4) is 17.2 Å². The van der Waals surface area contributed by atoms with Crippen molar-refractivity contribution >= 4 is 11.7 Å². The number of nitrogens with zero attached hydrogens (tertiary/aromatic N) is 1. The fraction of sp³-hybridized carbons (Fsp3) is 0.364. The number of rotatable bonds is 3. The average molecular weight is 381 g/mol. The maximum Gasteiger partial charge on any atom is 0.257 e. The van der Waals surface area contributed by atoms with Crippen LogP contribution in [0.15, 0.2) is 42.5 Å². The minimum absolute atomic E-state index is 0.0560. The molecule has 2 aliphatic heterocycles. The summed E-state index contributed by atoms with van der Waals surface area (Å²) in [5.74, 6) is 1.81. The van der Waals surface area contributed by atoms with Crippen LogP contribution in [-0.2, 0) is 0 Å². The molecule has 1 spiro atoms. The average Bonchev–Trinajstić information content (AvgIpc) is 2.73. The summed E-state index contributed by atoms with van der Waals surface area (Å²) >= 11 is 0. The second-order valence-corrected chi connectivity index (χ2v) is 7.24. The number of fused-ring (bicyclic) bond motifs is 1. The molecule has 1 fully saturated rings. The summed E-state index contributed by atoms with van der Waals surface area (Å²) in [6, 6.07) is 12.5. The minimum atomic E-state index is -0.545. The molecule has 1 amide bonds. The van der Waals surface area contributed by atoms with Crippen molar-refractivity contribution in [3.63, 3.8) is 0 Å². The molecule has 0 radical (unpaired) electrons. The topological polar surface area (TPSA) is 65.1 Å². The van der Waals surface area contributed by atoms with Crippen molar-refractivity contribution in [2.24, 2.45) is 0 Å². The van der Waals surface area contributed by atoms with Crippen molar-refractivity contribution in [2.75, 3.05) is 27.3 Å². The summed E-state index contributed by atoms with van der Waals surface area (Å²) in [5.41, 5.74) is 0.576. The van der Waals surface area contributed by atoms with Gasteiger partial charge in [-0.1, -0.05) is 12.1 Å². The Bertz CT molecular complexity index is 915. The SMILES string of the molecule is COc1ccc2c(c1)C(=O)CC1(CCN(C(=O)c3ccccc3OC)CC1)O2. The molecule has 2 heterocycles. The van der Waals surface area contributed by atoms with Crippen LogP contribution in [0.1, 0.15) is 40.0 Å². The van der Waals surface area contributed by atoms with E-state index in [1.165, 1.54) is 0 Å². The number of piperidine rings is 1. The molecule has 0 atom stereocenters. The van der Waals surface area contributed by atoms with Gasteiger partial charge in [0.05, 0.1) is 31.8 Å². The predicted octanol–water partition coefficient (Wildman–Crippen LogP) is 3.34. The smallest absolute Gasteiger partial charge is 0.257 e. The number of carbonyl (C=O) groups excluding carboxylic acids is 2. The molecule has 0 unspecified atom stereocenters. The van der Waals surface area contributed by atoms with Gasteiger partial charge in [-0.15, -0.1) is 0 Å². The van der Waals surface area contributed by atoms with Crippen LogP contribution in [0.4, 0.5) is 0 Å². The first-order valence-corrected chi connectivity index (χ1v) is 9.38. The van der Waals surface area contributed by atoms with E-state index in [9.17, 15) is 9.59 Å². The third kappa shape index (κ3) is 3.19. The Morgan fingerprint density at radius 1 is 1.07 bits per heavy atom. The summed E-state index contributed by atoms with van der Waals surface area (Å²) in [6.07, 6.45) is 1.56. The number of ether oxygens (including phenoxy) is 3. The van der Waals surface area contributed by atoms with Gasteiger partial charge < -0.3 is 19.1 Å². The molecule has 0 aromatic heterocycles. The van der Waals surface area contributed by atoms with Gasteiger partial charge in [-0.2, -0.15) is 0 Å². The highest BCUT2D eigenvalue weighted by molar-refractivity contribution is 6.01. The van der Waals surface area contributed by atoms with E-state index in [0.29, 0.717) is 60.7 Å². The van der Waals surface area contributed by atoms with Crippen molar-refractivity contribution in [1.29, 1.82) is 0 Å². The fourth-order valence-electron chi connectivity index (χ4n) is 3.99. The molecular formula is C22H23NO5. The number of methoxy groups -OCH3 is 2. The summed E-state index contributed by atoms with van der Waals surface area (Å²) in [6.45, 7) is 1.07. The number of hydrogen-bond donors (Lipinski definition) is 0. The van der Waals surface area contributed by atoms with Gasteiger partial charge in [0.1, 0.15) is 22.8 Å². The molecule has 6 heteroatoms. The number of amides is 1. The van der Waals surface area contributed by atoms with Crippen LogP contribution in [0, 0.1) is 0 Å². The van der Waals surface area contributed by atoms with Gasteiger partial charge in [0.2, 0.25) is 0 Å². The number of benzene rings is 2. The second kappa shape index (κ2) is 7.19. The van der Waals surface area contributed by atoms with E-state index in [1.54, 1.807) is 49.5 Å². The Kier molecular flexibility index (Phi) is 4.71. The van der Waals surface area contributed by atoms with Crippen LogP contribution in [-0.4, -0.2) is 49.5 Å². The number of ketones is 1. The van der Waals surface area contributed by atoms with E-state index in [4.69, 9.17) is 14.2 Å². The standard InChI is InChI=1S/C22H23NO5/c1-26-15-7-8-20-17(13-15)18(24)14-22(28-20)9-11-23(12-10-22)21(25)16-5-3-4-6-19(16)27-2/h3-8,13H,9-12,14H2,1-2H3. The largest absolute Gasteiger partial charge is 0.497 e. The molecule has 0 aliphatic carbocycles. The third-order valence-corrected chi connectivity index (χ3v) is 5.60. The quantitative estimate of drug-likeness (QED) is 0.816. The van der Waals surface area contributed by atoms with Crippen molar-refractivity contribution < 1.29 is 23.8 Å². The Morgan fingerprint density at radius 2 is 1.82 bits per heavy atom. The molecule has 2 aliphatic rings. The highest BCUT2D eigenvalue weighted by Crippen LogP contribution is 2.40. The van der Waals surface area contributed by atoms with Gasteiger partial charge >= 0.3 is 0 Å². The van der Waals surface area contributed by atoms with Crippen LogP contribution >= 0.6 is 0 Å². The summed E-state index contributed by atoms with van der Waals surface area (Å²) in [4.78, 5) is 27.4. The van der Waals surface area contributed by atoms with Gasteiger partial charge in [-0.25, -0.2) is 0 Å². The van der Waals surface area contributed by atoms with Crippen molar-refractivity contribution in [3.05, 3.63) is 53.6 Å². The van der Waals surface area contributed by atoms with Crippen LogP contribution in [0.3, 0.4) is 0 Å². The van der Waals surface area contributed by atoms with E-state index in [0.717, 1.165) is 0 Å². The van der Waals surface area contributed by atoms with Gasteiger partial charge in [-0.3, -0.25) is 9.59 Å². The molecule has 146 valence electrons. The number of likely N-dealkylation sites (tertiary alicyclic amines) is 1. The lowest BCUT2D eigenvalue weighted by atomic mass is 9.82. The zero-order chi connectivity index (χ0) is 19.7. The number of para-hydroxylation sites is 1. The van der Waals surface area contributed by atoms with Gasteiger partial charge in [-0.05, 0) is 30.3 Å². The first-order valence-electron chi connectivity index (χ1n) is 9.38. The zero-order valence-electron chi connectivity index (χ0n) is 16.1. The highest BCUT2D eigenvalue weighted by atomic mass is 16.5. The monoisotopic (exact) mass is 381 g/mol. The third-order valence-electron chi connectivity index (χ3n) is 5.60. The molecule has 0 bridgehead atoms. The number of carbonyl (C=O) groups is 2. The lowest BCUT2D eigenvalue weighted by Gasteiger charge is -2.44. The zero-order valence-corrected chi connectivity index (χ0v) is 16.1. The Hall–Kier alpha value is -3.02. The minimum Gasteiger partial charge on any atom is -0.497 e. The van der Waals surface area contributed by atoms with Crippen molar-refractivity contribution in [2.45, 2.75) is 24.9 Å². The van der Waals surface area contributed by atoms with Crippen molar-refractivity contribution in [1.82, 2.24) is 4.90 Å². The highest BCUT2D eigenvalue weighted by Gasteiger charge is 2.44. The number of hydrogen-bond acceptors (Lipinski definition) is 5. The number of Topliss-reactive ketones (excluding diaryl/α,β-unsaturated/α-hetero) is 1. The van der Waals surface area contributed by atoms with Crippen LogP contribution in [0.2, 0.25) is 0 Å². The second-order valence-electron chi connectivity index (χ2n) is 7.24. The fourth-order valence-corrected chi connectivity index (χ4v) is 3.99. The molecule has 0 saturated carbocycles. The lowest BCUT2D eigenvalue weighted by molar-refractivity contribution is -0.00581. The maximum atomic E-state index is 12.9. The normalized spacial score (nSPS) is 17.6. The Labute approximate surface area is 164 Å². The van der Waals surface area contributed by atoms with E-state index in [-0.39, 0.29) is 11.7 Å². The van der Waals surface area contributed by atoms with E-state index in [1.807, 2.05) is 12.1 Å². The molecule has 1 saturated heterocycles. The summed E-state index contributed by atoms with van der Waals surface area (Å²) < 4.78 is 16.8. The molecule has 6 nitrogen and oxygen atoms in total.